The summed E-state index contributed by atoms with van der Waals surface area (Å²) in [5.41, 5.74) is 3.82. The van der Waals surface area contributed by atoms with E-state index in [1.54, 1.807) is 0 Å². The Labute approximate surface area is 135 Å². The second kappa shape index (κ2) is 4.36. The molecule has 1 heterocycles. The summed E-state index contributed by atoms with van der Waals surface area (Å²) in [5, 5.41) is 8.04. The summed E-state index contributed by atoms with van der Waals surface area (Å²) < 4.78 is 2.35. The lowest BCUT2D eigenvalue weighted by molar-refractivity contribution is 0.975. The van der Waals surface area contributed by atoms with Crippen molar-refractivity contribution in [3.05, 3.63) is 78.1 Å². The van der Waals surface area contributed by atoms with E-state index in [1.807, 2.05) is 0 Å². The van der Waals surface area contributed by atoms with Crippen LogP contribution in [0.25, 0.3) is 38.0 Å². The highest BCUT2D eigenvalue weighted by atomic mass is 15.0. The van der Waals surface area contributed by atoms with E-state index >= 15 is 0 Å². The fourth-order valence-electron chi connectivity index (χ4n) is 3.96. The van der Waals surface area contributed by atoms with Crippen LogP contribution in [-0.2, 0) is 0 Å². The number of hydrogen-bond donors (Lipinski definition) is 0. The van der Waals surface area contributed by atoms with E-state index in [9.17, 15) is 0 Å². The van der Waals surface area contributed by atoms with Crippen LogP contribution in [0, 0.1) is 13.8 Å². The third kappa shape index (κ3) is 1.62. The highest BCUT2D eigenvalue weighted by molar-refractivity contribution is 6.24. The van der Waals surface area contributed by atoms with E-state index in [0.29, 0.717) is 0 Å². The molecule has 0 amide bonds. The van der Waals surface area contributed by atoms with Gasteiger partial charge in [0.05, 0.1) is 5.69 Å². The van der Waals surface area contributed by atoms with Crippen molar-refractivity contribution in [2.75, 3.05) is 0 Å². The van der Waals surface area contributed by atoms with E-state index in [4.69, 9.17) is 0 Å². The van der Waals surface area contributed by atoms with Gasteiger partial charge in [0.25, 0.3) is 0 Å². The molecule has 0 aliphatic heterocycles. The second-order valence-electron chi connectivity index (χ2n) is 6.39. The number of hydrogen-bond acceptors (Lipinski definition) is 0. The largest absolute Gasteiger partial charge is 0.318 e. The molecule has 0 fully saturated rings. The zero-order chi connectivity index (χ0) is 15.6. The van der Waals surface area contributed by atoms with Crippen LogP contribution < -0.4 is 0 Å². The molecular formula is C22H17N. The van der Waals surface area contributed by atoms with Gasteiger partial charge in [0, 0.05) is 16.8 Å². The van der Waals surface area contributed by atoms with Gasteiger partial charge in [-0.3, -0.25) is 0 Å². The van der Waals surface area contributed by atoms with Gasteiger partial charge in [0.1, 0.15) is 0 Å². The van der Waals surface area contributed by atoms with Gasteiger partial charge in [-0.05, 0) is 59.0 Å². The van der Waals surface area contributed by atoms with Crippen molar-refractivity contribution in [1.29, 1.82) is 0 Å². The molecule has 23 heavy (non-hydrogen) atoms. The van der Waals surface area contributed by atoms with Crippen LogP contribution in [0.1, 0.15) is 11.4 Å². The van der Waals surface area contributed by atoms with Gasteiger partial charge in [0.15, 0.2) is 0 Å². The van der Waals surface area contributed by atoms with Crippen molar-refractivity contribution < 1.29 is 0 Å². The Morgan fingerprint density at radius 3 is 1.83 bits per heavy atom. The van der Waals surface area contributed by atoms with Crippen LogP contribution in [0.2, 0.25) is 0 Å². The van der Waals surface area contributed by atoms with Crippen LogP contribution in [0.15, 0.2) is 66.7 Å². The molecule has 5 rings (SSSR count). The number of benzene rings is 4. The maximum Gasteiger partial charge on any atom is 0.0533 e. The van der Waals surface area contributed by atoms with Crippen molar-refractivity contribution in [1.82, 2.24) is 4.57 Å². The van der Waals surface area contributed by atoms with E-state index < -0.39 is 0 Å². The van der Waals surface area contributed by atoms with Crippen molar-refractivity contribution in [2.45, 2.75) is 13.8 Å². The molecule has 0 saturated carbocycles. The molecule has 0 aliphatic rings. The first kappa shape index (κ1) is 12.7. The number of rotatable bonds is 1. The average Bonchev–Trinajstić information content (AvgIpc) is 2.91. The summed E-state index contributed by atoms with van der Waals surface area (Å²) in [6.45, 7) is 4.34. The first-order chi connectivity index (χ1) is 11.2. The Morgan fingerprint density at radius 1 is 0.565 bits per heavy atom. The van der Waals surface area contributed by atoms with Crippen molar-refractivity contribution >= 4 is 32.3 Å². The van der Waals surface area contributed by atoms with Crippen LogP contribution in [-0.4, -0.2) is 4.57 Å². The lowest BCUT2D eigenvalue weighted by atomic mass is 9.93. The van der Waals surface area contributed by atoms with Gasteiger partial charge in [-0.1, -0.05) is 48.5 Å². The normalized spacial score (nSPS) is 11.9. The van der Waals surface area contributed by atoms with Crippen molar-refractivity contribution in [3.63, 3.8) is 0 Å². The van der Waals surface area contributed by atoms with Crippen LogP contribution >= 0.6 is 0 Å². The Bertz CT molecular complexity index is 1140. The quantitative estimate of drug-likeness (QED) is 0.335. The molecule has 0 spiro atoms. The zero-order valence-corrected chi connectivity index (χ0v) is 13.3. The summed E-state index contributed by atoms with van der Waals surface area (Å²) in [5.74, 6) is 0. The van der Waals surface area contributed by atoms with Gasteiger partial charge in [0.2, 0.25) is 0 Å². The van der Waals surface area contributed by atoms with Crippen molar-refractivity contribution in [3.8, 4) is 5.69 Å². The molecule has 1 aromatic heterocycles. The molecule has 0 aliphatic carbocycles. The van der Waals surface area contributed by atoms with Gasteiger partial charge >= 0.3 is 0 Å². The predicted molar refractivity (Wildman–Crippen MR) is 98.9 cm³/mol. The summed E-state index contributed by atoms with van der Waals surface area (Å²) in [6, 6.07) is 24.4. The van der Waals surface area contributed by atoms with Gasteiger partial charge in [-0.25, -0.2) is 0 Å². The van der Waals surface area contributed by atoms with Crippen molar-refractivity contribution in [2.24, 2.45) is 0 Å². The van der Waals surface area contributed by atoms with E-state index in [2.05, 4.69) is 85.1 Å². The predicted octanol–water partition coefficient (Wildman–Crippen LogP) is 5.99. The minimum Gasteiger partial charge on any atom is -0.318 e. The highest BCUT2D eigenvalue weighted by Gasteiger charge is 2.13. The maximum atomic E-state index is 2.35. The summed E-state index contributed by atoms with van der Waals surface area (Å²) in [6.07, 6.45) is 0. The monoisotopic (exact) mass is 295 g/mol. The topological polar surface area (TPSA) is 4.93 Å². The zero-order valence-electron chi connectivity index (χ0n) is 13.3. The SMILES string of the molecule is Cc1ccc(C)n1-c1ccc2ccc3cccc4ccc1c2c34. The lowest BCUT2D eigenvalue weighted by Gasteiger charge is -2.16. The van der Waals surface area contributed by atoms with E-state index in [-0.39, 0.29) is 0 Å². The summed E-state index contributed by atoms with van der Waals surface area (Å²) >= 11 is 0. The fraction of sp³-hybridized carbons (Fsp3) is 0.0909. The molecule has 0 unspecified atom stereocenters. The summed E-state index contributed by atoms with van der Waals surface area (Å²) in [7, 11) is 0. The first-order valence-electron chi connectivity index (χ1n) is 8.06. The molecule has 1 heteroatoms. The Kier molecular flexibility index (Phi) is 2.41. The second-order valence-corrected chi connectivity index (χ2v) is 6.39. The van der Waals surface area contributed by atoms with E-state index in [0.717, 1.165) is 0 Å². The van der Waals surface area contributed by atoms with Crippen LogP contribution in [0.3, 0.4) is 0 Å². The first-order valence-corrected chi connectivity index (χ1v) is 8.06. The Balaban J connectivity index is 2.03. The van der Waals surface area contributed by atoms with Gasteiger partial charge in [-0.2, -0.15) is 0 Å². The standard InChI is InChI=1S/C22H17N/c1-14-6-7-15(2)23(14)20-13-11-18-9-8-16-4-3-5-17-10-12-19(20)22(18)21(16)17/h3-13H,1-2H3. The van der Waals surface area contributed by atoms with E-state index in [1.165, 1.54) is 49.4 Å². The van der Waals surface area contributed by atoms with Crippen LogP contribution in [0.5, 0.6) is 0 Å². The lowest BCUT2D eigenvalue weighted by Crippen LogP contribution is -2.00. The third-order valence-electron chi connectivity index (χ3n) is 5.02. The molecule has 4 aromatic carbocycles. The number of aryl methyl sites for hydroxylation is 2. The maximum absolute atomic E-state index is 2.35. The molecule has 1 nitrogen and oxygen atoms in total. The average molecular weight is 295 g/mol. The van der Waals surface area contributed by atoms with Gasteiger partial charge < -0.3 is 4.57 Å². The molecule has 110 valence electrons. The number of aromatic nitrogens is 1. The molecule has 0 radical (unpaired) electrons. The Hall–Kier alpha value is -2.80. The molecule has 0 saturated heterocycles. The third-order valence-corrected chi connectivity index (χ3v) is 5.02. The highest BCUT2D eigenvalue weighted by Crippen LogP contribution is 2.37. The smallest absolute Gasteiger partial charge is 0.0533 e. The van der Waals surface area contributed by atoms with Gasteiger partial charge in [-0.15, -0.1) is 0 Å². The molecule has 0 N–H and O–H groups in total. The van der Waals surface area contributed by atoms with Crippen LogP contribution in [0.4, 0.5) is 0 Å². The molecule has 0 bridgehead atoms. The number of nitrogens with zero attached hydrogens (tertiary/aromatic N) is 1. The molecular weight excluding hydrogens is 278 g/mol. The Morgan fingerprint density at radius 2 is 1.13 bits per heavy atom. The minimum atomic E-state index is 1.27. The fourth-order valence-corrected chi connectivity index (χ4v) is 3.96. The molecule has 0 atom stereocenters. The summed E-state index contributed by atoms with van der Waals surface area (Å²) in [4.78, 5) is 0. The minimum absolute atomic E-state index is 1.27. The molecule has 5 aromatic rings.